The summed E-state index contributed by atoms with van der Waals surface area (Å²) in [5, 5.41) is 3.92. The van der Waals surface area contributed by atoms with Gasteiger partial charge in [-0.3, -0.25) is 0 Å². The third-order valence-corrected chi connectivity index (χ3v) is 1.78. The van der Waals surface area contributed by atoms with E-state index in [1.165, 1.54) is 0 Å². The second-order valence-corrected chi connectivity index (χ2v) is 2.73. The number of benzene rings is 1. The van der Waals surface area contributed by atoms with E-state index in [2.05, 4.69) is 9.63 Å². The first-order valence-electron chi connectivity index (χ1n) is 3.46. The normalized spacial score (nSPS) is 15.2. The van der Waals surface area contributed by atoms with E-state index in [-0.39, 0.29) is 0 Å². The summed E-state index contributed by atoms with van der Waals surface area (Å²) in [5.74, 6) is 0. The standard InChI is InChI=1S/C8H6N2OS/c1-2-4-7(5-3-1)8-6-11-12-10-9-8/h1-6H. The van der Waals surface area contributed by atoms with Gasteiger partial charge in [-0.15, -0.1) is 5.11 Å². The molecule has 60 valence electrons. The van der Waals surface area contributed by atoms with Gasteiger partial charge in [0.1, 0.15) is 12.0 Å². The van der Waals surface area contributed by atoms with E-state index < -0.39 is 0 Å². The zero-order valence-electron chi connectivity index (χ0n) is 6.18. The summed E-state index contributed by atoms with van der Waals surface area (Å²) in [6, 6.07) is 9.79. The maximum atomic E-state index is 4.93. The van der Waals surface area contributed by atoms with Crippen molar-refractivity contribution in [2.45, 2.75) is 0 Å². The van der Waals surface area contributed by atoms with Gasteiger partial charge in [0.2, 0.25) is 12.2 Å². The lowest BCUT2D eigenvalue weighted by Crippen LogP contribution is -1.82. The zero-order valence-corrected chi connectivity index (χ0v) is 6.99. The molecule has 0 unspecified atom stereocenters. The van der Waals surface area contributed by atoms with Gasteiger partial charge in [0.15, 0.2) is 0 Å². The lowest BCUT2D eigenvalue weighted by molar-refractivity contribution is 0.560. The van der Waals surface area contributed by atoms with Crippen LogP contribution in [-0.4, -0.2) is 0 Å². The van der Waals surface area contributed by atoms with Gasteiger partial charge in [0.25, 0.3) is 0 Å². The van der Waals surface area contributed by atoms with Crippen molar-refractivity contribution in [3.05, 3.63) is 42.2 Å². The van der Waals surface area contributed by atoms with Crippen LogP contribution in [0.2, 0.25) is 0 Å². The van der Waals surface area contributed by atoms with E-state index in [1.807, 2.05) is 30.3 Å². The highest BCUT2D eigenvalue weighted by atomic mass is 32.2. The second-order valence-electron chi connectivity index (χ2n) is 2.22. The number of hydrogen-bond donors (Lipinski definition) is 0. The summed E-state index contributed by atoms with van der Waals surface area (Å²) in [6.45, 7) is 0. The number of nitrogens with zero attached hydrogens (tertiary/aromatic N) is 2. The van der Waals surface area contributed by atoms with E-state index in [4.69, 9.17) is 4.18 Å². The Bertz CT molecular complexity index is 321. The molecule has 12 heavy (non-hydrogen) atoms. The van der Waals surface area contributed by atoms with Crippen LogP contribution in [0.5, 0.6) is 0 Å². The van der Waals surface area contributed by atoms with Crippen molar-refractivity contribution < 1.29 is 4.18 Å². The van der Waals surface area contributed by atoms with Gasteiger partial charge in [-0.1, -0.05) is 34.9 Å². The Morgan fingerprint density at radius 2 is 2.00 bits per heavy atom. The summed E-state index contributed by atoms with van der Waals surface area (Å²) in [5.41, 5.74) is 1.77. The molecule has 0 N–H and O–H groups in total. The molecule has 1 aliphatic rings. The molecule has 0 bridgehead atoms. The van der Waals surface area contributed by atoms with Crippen molar-refractivity contribution in [2.24, 2.45) is 9.63 Å². The fraction of sp³-hybridized carbons (Fsp3) is 0. The molecule has 0 fully saturated rings. The third kappa shape index (κ3) is 1.48. The molecular formula is C8H6N2OS. The highest BCUT2D eigenvalue weighted by Crippen LogP contribution is 2.23. The molecule has 0 saturated carbocycles. The smallest absolute Gasteiger partial charge is 0.221 e. The number of rotatable bonds is 1. The molecular weight excluding hydrogens is 172 g/mol. The van der Waals surface area contributed by atoms with Gasteiger partial charge >= 0.3 is 0 Å². The number of hydrogen-bond acceptors (Lipinski definition) is 4. The van der Waals surface area contributed by atoms with Crippen LogP contribution in [0.25, 0.3) is 5.70 Å². The van der Waals surface area contributed by atoms with Crippen LogP contribution in [-0.2, 0) is 4.18 Å². The SMILES string of the molecule is C1=C(c2ccccc2)N=NSO1. The van der Waals surface area contributed by atoms with Crippen LogP contribution < -0.4 is 0 Å². The van der Waals surface area contributed by atoms with Gasteiger partial charge in [0.05, 0.1) is 0 Å². The Morgan fingerprint density at radius 3 is 2.67 bits per heavy atom. The first-order valence-corrected chi connectivity index (χ1v) is 4.16. The van der Waals surface area contributed by atoms with Crippen LogP contribution in [0, 0.1) is 0 Å². The highest BCUT2D eigenvalue weighted by Gasteiger charge is 2.03. The van der Waals surface area contributed by atoms with Crippen molar-refractivity contribution >= 4 is 17.9 Å². The summed E-state index contributed by atoms with van der Waals surface area (Å²) < 4.78 is 8.62. The van der Waals surface area contributed by atoms with Crippen molar-refractivity contribution in [3.63, 3.8) is 0 Å². The average Bonchev–Trinajstić information content (AvgIpc) is 2.21. The van der Waals surface area contributed by atoms with E-state index >= 15 is 0 Å². The van der Waals surface area contributed by atoms with Gasteiger partial charge in [0, 0.05) is 5.56 Å². The predicted molar refractivity (Wildman–Crippen MR) is 48.0 cm³/mol. The summed E-state index contributed by atoms with van der Waals surface area (Å²) in [7, 11) is 0. The van der Waals surface area contributed by atoms with E-state index in [1.54, 1.807) is 6.26 Å². The maximum absolute atomic E-state index is 4.93. The Labute approximate surface area is 74.5 Å². The Hall–Kier alpha value is -1.29. The summed E-state index contributed by atoms with van der Waals surface area (Å²) >= 11 is 0.975. The molecule has 1 heterocycles. The fourth-order valence-electron chi connectivity index (χ4n) is 0.905. The highest BCUT2D eigenvalue weighted by molar-refractivity contribution is 7.93. The second kappa shape index (κ2) is 3.40. The Morgan fingerprint density at radius 1 is 1.17 bits per heavy atom. The zero-order chi connectivity index (χ0) is 8.23. The third-order valence-electron chi connectivity index (χ3n) is 1.45. The molecule has 1 aromatic rings. The quantitative estimate of drug-likeness (QED) is 0.489. The van der Waals surface area contributed by atoms with E-state index in [0.29, 0.717) is 0 Å². The largest absolute Gasteiger partial charge is 0.409 e. The van der Waals surface area contributed by atoms with Crippen LogP contribution >= 0.6 is 12.2 Å². The molecule has 1 aromatic carbocycles. The first-order chi connectivity index (χ1) is 5.97. The average molecular weight is 178 g/mol. The molecule has 2 rings (SSSR count). The van der Waals surface area contributed by atoms with Gasteiger partial charge < -0.3 is 4.18 Å². The molecule has 0 saturated heterocycles. The summed E-state index contributed by atoms with van der Waals surface area (Å²) in [4.78, 5) is 0. The van der Waals surface area contributed by atoms with Crippen LogP contribution in [0.15, 0.2) is 46.2 Å². The monoisotopic (exact) mass is 178 g/mol. The minimum Gasteiger partial charge on any atom is -0.409 e. The molecule has 0 aliphatic carbocycles. The van der Waals surface area contributed by atoms with Crippen molar-refractivity contribution in [1.29, 1.82) is 0 Å². The molecule has 4 heteroatoms. The molecule has 0 aromatic heterocycles. The van der Waals surface area contributed by atoms with Gasteiger partial charge in [-0.25, -0.2) is 0 Å². The van der Waals surface area contributed by atoms with Crippen molar-refractivity contribution in [1.82, 2.24) is 0 Å². The molecule has 1 aliphatic heterocycles. The Balaban J connectivity index is 2.31. The summed E-state index contributed by atoms with van der Waals surface area (Å²) in [6.07, 6.45) is 1.59. The maximum Gasteiger partial charge on any atom is 0.221 e. The predicted octanol–water partition coefficient (Wildman–Crippen LogP) is 3.03. The van der Waals surface area contributed by atoms with Crippen molar-refractivity contribution in [3.8, 4) is 0 Å². The van der Waals surface area contributed by atoms with Crippen molar-refractivity contribution in [2.75, 3.05) is 0 Å². The van der Waals surface area contributed by atoms with Crippen LogP contribution in [0.1, 0.15) is 5.56 Å². The fourth-order valence-corrected chi connectivity index (χ4v) is 1.20. The van der Waals surface area contributed by atoms with Crippen LogP contribution in [0.3, 0.4) is 0 Å². The lowest BCUT2D eigenvalue weighted by atomic mass is 10.2. The first kappa shape index (κ1) is 7.36. The topological polar surface area (TPSA) is 34.0 Å². The van der Waals surface area contributed by atoms with E-state index in [0.717, 1.165) is 23.5 Å². The minimum absolute atomic E-state index is 0.759. The van der Waals surface area contributed by atoms with E-state index in [9.17, 15) is 0 Å². The molecule has 0 atom stereocenters. The minimum atomic E-state index is 0.759. The Kier molecular flexibility index (Phi) is 2.09. The van der Waals surface area contributed by atoms with Gasteiger partial charge in [-0.05, 0) is 0 Å². The lowest BCUT2D eigenvalue weighted by Gasteiger charge is -2.03. The van der Waals surface area contributed by atoms with Gasteiger partial charge in [-0.2, -0.15) is 0 Å². The molecule has 0 amide bonds. The molecule has 0 radical (unpaired) electrons. The molecule has 3 nitrogen and oxygen atoms in total. The van der Waals surface area contributed by atoms with Crippen LogP contribution in [0.4, 0.5) is 0 Å². The molecule has 0 spiro atoms.